The molecular weight excluding hydrogens is 250 g/mol. The summed E-state index contributed by atoms with van der Waals surface area (Å²) in [7, 11) is 0. The van der Waals surface area contributed by atoms with Crippen LogP contribution in [-0.4, -0.2) is 21.8 Å². The van der Waals surface area contributed by atoms with Crippen LogP contribution in [0.4, 0.5) is 0 Å². The number of hydrogen-bond acceptors (Lipinski definition) is 2. The monoisotopic (exact) mass is 273 g/mol. The highest BCUT2D eigenvalue weighted by Crippen LogP contribution is 2.14. The van der Waals surface area contributed by atoms with Gasteiger partial charge in [-0.3, -0.25) is 9.20 Å². The molecule has 1 N–H and O–H groups in total. The molecule has 0 unspecified atom stereocenters. The van der Waals surface area contributed by atoms with E-state index in [9.17, 15) is 4.79 Å². The van der Waals surface area contributed by atoms with E-state index >= 15 is 0 Å². The molecule has 2 aromatic heterocycles. The van der Waals surface area contributed by atoms with Crippen LogP contribution in [0.25, 0.3) is 5.65 Å². The number of carbonyl (C=O) groups excluding carboxylic acids is 1. The molecule has 0 bridgehead atoms. The Bertz CT molecular complexity index is 586. The van der Waals surface area contributed by atoms with E-state index in [1.54, 1.807) is 0 Å². The fraction of sp³-hybridized carbons (Fsp3) is 0.500. The van der Waals surface area contributed by atoms with Gasteiger partial charge in [-0.25, -0.2) is 4.98 Å². The number of nitrogens with zero attached hydrogens (tertiary/aromatic N) is 2. The number of fused-ring (bicyclic) bond motifs is 1. The molecule has 0 radical (unpaired) electrons. The summed E-state index contributed by atoms with van der Waals surface area (Å²) in [4.78, 5) is 17.0. The molecule has 2 aromatic rings. The van der Waals surface area contributed by atoms with E-state index in [2.05, 4.69) is 31.1 Å². The summed E-state index contributed by atoms with van der Waals surface area (Å²) in [5.41, 5.74) is 2.41. The molecule has 0 aliphatic carbocycles. The van der Waals surface area contributed by atoms with Crippen molar-refractivity contribution in [2.75, 3.05) is 6.54 Å². The molecule has 0 spiro atoms. The molecule has 4 heteroatoms. The topological polar surface area (TPSA) is 46.4 Å². The summed E-state index contributed by atoms with van der Waals surface area (Å²) in [6.45, 7) is 7.12. The Morgan fingerprint density at radius 3 is 2.90 bits per heavy atom. The van der Waals surface area contributed by atoms with Crippen molar-refractivity contribution in [1.82, 2.24) is 14.7 Å². The predicted molar refractivity (Wildman–Crippen MR) is 81.0 cm³/mol. The number of amides is 1. The summed E-state index contributed by atoms with van der Waals surface area (Å²) in [5.74, 6) is 0.570. The molecule has 108 valence electrons. The fourth-order valence-corrected chi connectivity index (χ4v) is 2.25. The van der Waals surface area contributed by atoms with Crippen molar-refractivity contribution >= 4 is 11.6 Å². The highest BCUT2D eigenvalue weighted by Gasteiger charge is 2.17. The van der Waals surface area contributed by atoms with E-state index in [1.165, 1.54) is 0 Å². The van der Waals surface area contributed by atoms with E-state index < -0.39 is 0 Å². The van der Waals surface area contributed by atoms with Crippen molar-refractivity contribution in [2.45, 2.75) is 40.0 Å². The van der Waals surface area contributed by atoms with E-state index in [-0.39, 0.29) is 5.91 Å². The molecule has 4 nitrogen and oxygen atoms in total. The van der Waals surface area contributed by atoms with Crippen molar-refractivity contribution in [2.24, 2.45) is 5.92 Å². The largest absolute Gasteiger partial charge is 0.351 e. The molecule has 0 saturated heterocycles. The molecule has 2 heterocycles. The number of hydrogen-bond donors (Lipinski definition) is 1. The second-order valence-electron chi connectivity index (χ2n) is 5.52. The maximum atomic E-state index is 12.4. The Hall–Kier alpha value is -1.84. The van der Waals surface area contributed by atoms with Gasteiger partial charge >= 0.3 is 0 Å². The lowest BCUT2D eigenvalue weighted by atomic mass is 10.1. The second-order valence-corrected chi connectivity index (χ2v) is 5.52. The Kier molecular flexibility index (Phi) is 4.77. The van der Waals surface area contributed by atoms with Crippen LogP contribution in [0.15, 0.2) is 24.4 Å². The van der Waals surface area contributed by atoms with Gasteiger partial charge in [0.2, 0.25) is 0 Å². The number of aryl methyl sites for hydroxylation is 1. The Labute approximate surface area is 120 Å². The number of nitrogens with one attached hydrogen (secondary N) is 1. The lowest BCUT2D eigenvalue weighted by Gasteiger charge is -2.08. The first-order valence-electron chi connectivity index (χ1n) is 7.37. The Balaban J connectivity index is 2.26. The van der Waals surface area contributed by atoms with Crippen molar-refractivity contribution in [3.63, 3.8) is 0 Å². The predicted octanol–water partition coefficient (Wildman–Crippen LogP) is 3.06. The minimum Gasteiger partial charge on any atom is -0.351 e. The van der Waals surface area contributed by atoms with Gasteiger partial charge in [0.1, 0.15) is 11.3 Å². The van der Waals surface area contributed by atoms with Crippen LogP contribution in [0.3, 0.4) is 0 Å². The number of rotatable bonds is 6. The number of imidazole rings is 1. The molecule has 2 rings (SSSR count). The Morgan fingerprint density at radius 2 is 2.20 bits per heavy atom. The SMILES string of the molecule is CCCc1nc2ccccn2c1C(=O)NCCC(C)C. The van der Waals surface area contributed by atoms with E-state index in [1.807, 2.05) is 28.8 Å². The maximum absolute atomic E-state index is 12.4. The molecule has 0 aromatic carbocycles. The standard InChI is InChI=1S/C16H23N3O/c1-4-7-13-15(16(20)17-10-9-12(2)3)19-11-6-5-8-14(19)18-13/h5-6,8,11-12H,4,7,9-10H2,1-3H3,(H,17,20). The van der Waals surface area contributed by atoms with Gasteiger partial charge in [-0.2, -0.15) is 0 Å². The van der Waals surface area contributed by atoms with Crippen LogP contribution >= 0.6 is 0 Å². The number of carbonyl (C=O) groups is 1. The van der Waals surface area contributed by atoms with Crippen LogP contribution in [0.2, 0.25) is 0 Å². The first kappa shape index (κ1) is 14.6. The average molecular weight is 273 g/mol. The van der Waals surface area contributed by atoms with Crippen molar-refractivity contribution in [3.05, 3.63) is 35.8 Å². The van der Waals surface area contributed by atoms with Crippen molar-refractivity contribution in [3.8, 4) is 0 Å². The van der Waals surface area contributed by atoms with Gasteiger partial charge in [-0.1, -0.05) is 33.3 Å². The second kappa shape index (κ2) is 6.55. The molecule has 0 fully saturated rings. The lowest BCUT2D eigenvalue weighted by Crippen LogP contribution is -2.27. The molecule has 0 saturated carbocycles. The highest BCUT2D eigenvalue weighted by atomic mass is 16.1. The van der Waals surface area contributed by atoms with Gasteiger partial charge in [0.05, 0.1) is 5.69 Å². The minimum atomic E-state index is -0.0206. The molecule has 20 heavy (non-hydrogen) atoms. The first-order valence-corrected chi connectivity index (χ1v) is 7.37. The van der Waals surface area contributed by atoms with Crippen LogP contribution < -0.4 is 5.32 Å². The van der Waals surface area contributed by atoms with Gasteiger partial charge in [0, 0.05) is 12.7 Å². The zero-order valence-electron chi connectivity index (χ0n) is 12.5. The van der Waals surface area contributed by atoms with Crippen LogP contribution in [-0.2, 0) is 6.42 Å². The van der Waals surface area contributed by atoms with Crippen LogP contribution in [0.1, 0.15) is 49.8 Å². The van der Waals surface area contributed by atoms with Crippen LogP contribution in [0.5, 0.6) is 0 Å². The molecule has 0 aliphatic heterocycles. The van der Waals surface area contributed by atoms with Crippen LogP contribution in [0, 0.1) is 5.92 Å². The maximum Gasteiger partial charge on any atom is 0.270 e. The molecular formula is C16H23N3O. The summed E-state index contributed by atoms with van der Waals surface area (Å²) >= 11 is 0. The first-order chi connectivity index (χ1) is 9.63. The number of aromatic nitrogens is 2. The third-order valence-corrected chi connectivity index (χ3v) is 3.31. The summed E-state index contributed by atoms with van der Waals surface area (Å²) in [5, 5.41) is 3.01. The smallest absolute Gasteiger partial charge is 0.270 e. The van der Waals surface area contributed by atoms with Crippen molar-refractivity contribution < 1.29 is 4.79 Å². The third-order valence-electron chi connectivity index (χ3n) is 3.31. The van der Waals surface area contributed by atoms with E-state index in [4.69, 9.17) is 0 Å². The quantitative estimate of drug-likeness (QED) is 0.879. The van der Waals surface area contributed by atoms with Crippen molar-refractivity contribution in [1.29, 1.82) is 0 Å². The lowest BCUT2D eigenvalue weighted by molar-refractivity contribution is 0.0945. The molecule has 0 aliphatic rings. The van der Waals surface area contributed by atoms with Gasteiger partial charge in [0.25, 0.3) is 5.91 Å². The van der Waals surface area contributed by atoms with Gasteiger partial charge in [-0.05, 0) is 30.9 Å². The summed E-state index contributed by atoms with van der Waals surface area (Å²) < 4.78 is 1.88. The van der Waals surface area contributed by atoms with E-state index in [0.717, 1.165) is 30.6 Å². The summed E-state index contributed by atoms with van der Waals surface area (Å²) in [6.07, 6.45) is 4.70. The zero-order chi connectivity index (χ0) is 14.5. The normalized spacial score (nSPS) is 11.2. The molecule has 0 atom stereocenters. The van der Waals surface area contributed by atoms with E-state index in [0.29, 0.717) is 18.2 Å². The Morgan fingerprint density at radius 1 is 1.40 bits per heavy atom. The fourth-order valence-electron chi connectivity index (χ4n) is 2.25. The zero-order valence-corrected chi connectivity index (χ0v) is 12.5. The number of pyridine rings is 1. The third kappa shape index (κ3) is 3.18. The molecule has 1 amide bonds. The van der Waals surface area contributed by atoms with Gasteiger partial charge < -0.3 is 5.32 Å². The minimum absolute atomic E-state index is 0.0206. The highest BCUT2D eigenvalue weighted by molar-refractivity contribution is 5.94. The van der Waals surface area contributed by atoms with Gasteiger partial charge in [-0.15, -0.1) is 0 Å². The van der Waals surface area contributed by atoms with Gasteiger partial charge in [0.15, 0.2) is 0 Å². The average Bonchev–Trinajstić information content (AvgIpc) is 2.76. The summed E-state index contributed by atoms with van der Waals surface area (Å²) in [6, 6.07) is 5.80.